The Morgan fingerprint density at radius 3 is 2.42 bits per heavy atom. The summed E-state index contributed by atoms with van der Waals surface area (Å²) in [6.07, 6.45) is 7.83. The third-order valence-electron chi connectivity index (χ3n) is 1.39. The molecule has 70 valence electrons. The molecule has 0 amide bonds. The first-order chi connectivity index (χ1) is 5.91. The van der Waals surface area contributed by atoms with E-state index in [1.165, 1.54) is 0 Å². The molecule has 0 aliphatic rings. The van der Waals surface area contributed by atoms with Crippen LogP contribution in [0.15, 0.2) is 0 Å². The summed E-state index contributed by atoms with van der Waals surface area (Å²) in [5, 5.41) is 0. The second kappa shape index (κ2) is 10.5. The highest BCUT2D eigenvalue weighted by Crippen LogP contribution is 1.90. The monoisotopic (exact) mass is 170 g/mol. The van der Waals surface area contributed by atoms with Crippen LogP contribution < -0.4 is 0 Å². The van der Waals surface area contributed by atoms with Crippen LogP contribution >= 0.6 is 0 Å². The van der Waals surface area contributed by atoms with Crippen LogP contribution in [0.25, 0.3) is 0 Å². The van der Waals surface area contributed by atoms with Crippen molar-refractivity contribution in [3.63, 3.8) is 0 Å². The van der Waals surface area contributed by atoms with Gasteiger partial charge in [-0.1, -0.05) is 0 Å². The lowest BCUT2D eigenvalue weighted by atomic mass is 10.3. The van der Waals surface area contributed by atoms with E-state index in [1.807, 2.05) is 6.92 Å². The van der Waals surface area contributed by atoms with Gasteiger partial charge in [0.15, 0.2) is 0 Å². The predicted molar refractivity (Wildman–Crippen MR) is 50.0 cm³/mol. The lowest BCUT2D eigenvalue weighted by molar-refractivity contribution is 0.0873. The Morgan fingerprint density at radius 1 is 1.08 bits per heavy atom. The molecular weight excluding hydrogens is 152 g/mol. The zero-order valence-corrected chi connectivity index (χ0v) is 7.84. The van der Waals surface area contributed by atoms with Crippen molar-refractivity contribution in [2.75, 3.05) is 26.4 Å². The van der Waals surface area contributed by atoms with Crippen LogP contribution in [0.4, 0.5) is 0 Å². The minimum atomic E-state index is 0.774. The Labute approximate surface area is 75.3 Å². The van der Waals surface area contributed by atoms with E-state index in [4.69, 9.17) is 15.9 Å². The van der Waals surface area contributed by atoms with Gasteiger partial charge in [0.1, 0.15) is 0 Å². The predicted octanol–water partition coefficient (Wildman–Crippen LogP) is 1.84. The molecule has 2 heteroatoms. The molecule has 0 fully saturated rings. The summed E-state index contributed by atoms with van der Waals surface area (Å²) in [4.78, 5) is 0. The van der Waals surface area contributed by atoms with Crippen molar-refractivity contribution in [3.8, 4) is 12.3 Å². The molecule has 0 saturated carbocycles. The molecule has 0 N–H and O–H groups in total. The standard InChI is InChI=1S/C10H18O2/c1-3-5-6-8-12-10-7-9-11-4-2/h1H,4-10H2,2H3. The molecule has 0 atom stereocenters. The Kier molecular flexibility index (Phi) is 10.0. The third kappa shape index (κ3) is 9.48. The highest BCUT2D eigenvalue weighted by molar-refractivity contribution is 4.82. The molecule has 0 spiro atoms. The quantitative estimate of drug-likeness (QED) is 0.409. The number of ether oxygens (including phenoxy) is 2. The van der Waals surface area contributed by atoms with E-state index in [0.717, 1.165) is 45.7 Å². The SMILES string of the molecule is C#CCCCOCCCOCC. The summed E-state index contributed by atoms with van der Waals surface area (Å²) < 4.78 is 10.5. The van der Waals surface area contributed by atoms with Gasteiger partial charge in [0, 0.05) is 32.8 Å². The zero-order valence-electron chi connectivity index (χ0n) is 7.84. The lowest BCUT2D eigenvalue weighted by Crippen LogP contribution is -2.01. The second-order valence-electron chi connectivity index (χ2n) is 2.47. The Bertz CT molecular complexity index is 115. The summed E-state index contributed by atoms with van der Waals surface area (Å²) >= 11 is 0. The smallest absolute Gasteiger partial charge is 0.0487 e. The molecule has 0 heterocycles. The molecule has 0 aromatic rings. The van der Waals surface area contributed by atoms with Gasteiger partial charge in [-0.05, 0) is 19.8 Å². The Balaban J connectivity index is 2.78. The van der Waals surface area contributed by atoms with Gasteiger partial charge in [0.05, 0.1) is 0 Å². The third-order valence-corrected chi connectivity index (χ3v) is 1.39. The molecule has 0 aromatic carbocycles. The van der Waals surface area contributed by atoms with Crippen LogP contribution in [0.2, 0.25) is 0 Å². The van der Waals surface area contributed by atoms with Crippen molar-refractivity contribution in [2.45, 2.75) is 26.2 Å². The molecule has 0 aliphatic heterocycles. The van der Waals surface area contributed by atoms with Crippen molar-refractivity contribution < 1.29 is 9.47 Å². The molecule has 0 aromatic heterocycles. The van der Waals surface area contributed by atoms with Gasteiger partial charge in [-0.15, -0.1) is 12.3 Å². The Hall–Kier alpha value is -0.520. The average Bonchev–Trinajstić information content (AvgIpc) is 2.10. The maximum Gasteiger partial charge on any atom is 0.0487 e. The van der Waals surface area contributed by atoms with Crippen molar-refractivity contribution in [2.24, 2.45) is 0 Å². The molecule has 0 rings (SSSR count). The molecule has 0 aliphatic carbocycles. The topological polar surface area (TPSA) is 18.5 Å². The highest BCUT2D eigenvalue weighted by atomic mass is 16.5. The van der Waals surface area contributed by atoms with Crippen molar-refractivity contribution in [1.82, 2.24) is 0 Å². The summed E-state index contributed by atoms with van der Waals surface area (Å²) in [5.74, 6) is 2.57. The van der Waals surface area contributed by atoms with E-state index >= 15 is 0 Å². The van der Waals surface area contributed by atoms with Crippen LogP contribution in [0, 0.1) is 12.3 Å². The summed E-state index contributed by atoms with van der Waals surface area (Å²) in [7, 11) is 0. The van der Waals surface area contributed by atoms with E-state index in [0.29, 0.717) is 0 Å². The maximum atomic E-state index is 5.31. The van der Waals surface area contributed by atoms with Crippen LogP contribution in [-0.4, -0.2) is 26.4 Å². The molecule has 2 nitrogen and oxygen atoms in total. The molecule has 0 radical (unpaired) electrons. The largest absolute Gasteiger partial charge is 0.382 e. The minimum absolute atomic E-state index is 0.774. The fourth-order valence-corrected chi connectivity index (χ4v) is 0.786. The van der Waals surface area contributed by atoms with Gasteiger partial charge in [0.25, 0.3) is 0 Å². The van der Waals surface area contributed by atoms with Crippen LogP contribution in [0.5, 0.6) is 0 Å². The van der Waals surface area contributed by atoms with E-state index in [-0.39, 0.29) is 0 Å². The normalized spacial score (nSPS) is 9.67. The molecule has 12 heavy (non-hydrogen) atoms. The van der Waals surface area contributed by atoms with Crippen LogP contribution in [-0.2, 0) is 9.47 Å². The minimum Gasteiger partial charge on any atom is -0.382 e. The number of hydrogen-bond donors (Lipinski definition) is 0. The summed E-state index contributed by atoms with van der Waals surface area (Å²) in [6.45, 7) is 5.14. The summed E-state index contributed by atoms with van der Waals surface area (Å²) in [5.41, 5.74) is 0. The first-order valence-electron chi connectivity index (χ1n) is 4.50. The summed E-state index contributed by atoms with van der Waals surface area (Å²) in [6, 6.07) is 0. The Morgan fingerprint density at radius 2 is 1.75 bits per heavy atom. The van der Waals surface area contributed by atoms with E-state index < -0.39 is 0 Å². The maximum absolute atomic E-state index is 5.31. The second-order valence-corrected chi connectivity index (χ2v) is 2.47. The van der Waals surface area contributed by atoms with Crippen LogP contribution in [0.3, 0.4) is 0 Å². The van der Waals surface area contributed by atoms with E-state index in [2.05, 4.69) is 5.92 Å². The van der Waals surface area contributed by atoms with E-state index in [9.17, 15) is 0 Å². The number of hydrogen-bond acceptors (Lipinski definition) is 2. The first-order valence-corrected chi connectivity index (χ1v) is 4.50. The van der Waals surface area contributed by atoms with Crippen molar-refractivity contribution >= 4 is 0 Å². The number of unbranched alkanes of at least 4 members (excludes halogenated alkanes) is 1. The van der Waals surface area contributed by atoms with E-state index in [1.54, 1.807) is 0 Å². The highest BCUT2D eigenvalue weighted by Gasteiger charge is 1.88. The van der Waals surface area contributed by atoms with Gasteiger partial charge < -0.3 is 9.47 Å². The zero-order chi connectivity index (χ0) is 9.07. The number of rotatable bonds is 8. The molecular formula is C10H18O2. The average molecular weight is 170 g/mol. The number of terminal acetylenes is 1. The van der Waals surface area contributed by atoms with Crippen LogP contribution in [0.1, 0.15) is 26.2 Å². The van der Waals surface area contributed by atoms with Gasteiger partial charge in [-0.3, -0.25) is 0 Å². The van der Waals surface area contributed by atoms with Crippen molar-refractivity contribution in [3.05, 3.63) is 0 Å². The molecule has 0 bridgehead atoms. The van der Waals surface area contributed by atoms with Gasteiger partial charge in [-0.25, -0.2) is 0 Å². The first kappa shape index (κ1) is 11.5. The van der Waals surface area contributed by atoms with Gasteiger partial charge >= 0.3 is 0 Å². The molecule has 0 saturated heterocycles. The fourth-order valence-electron chi connectivity index (χ4n) is 0.786. The lowest BCUT2D eigenvalue weighted by Gasteiger charge is -2.02. The van der Waals surface area contributed by atoms with Gasteiger partial charge in [-0.2, -0.15) is 0 Å². The molecule has 0 unspecified atom stereocenters. The van der Waals surface area contributed by atoms with Gasteiger partial charge in [0.2, 0.25) is 0 Å². The fraction of sp³-hybridized carbons (Fsp3) is 0.800. The van der Waals surface area contributed by atoms with Crippen molar-refractivity contribution in [1.29, 1.82) is 0 Å².